The van der Waals surface area contributed by atoms with Gasteiger partial charge < -0.3 is 10.3 Å². The topological polar surface area (TPSA) is 70.7 Å². The van der Waals surface area contributed by atoms with Crippen molar-refractivity contribution in [3.63, 3.8) is 0 Å². The van der Waals surface area contributed by atoms with Gasteiger partial charge in [-0.15, -0.1) is 11.3 Å². The number of hydrogen-bond donors (Lipinski definition) is 2. The highest BCUT2D eigenvalue weighted by Crippen LogP contribution is 2.25. The van der Waals surface area contributed by atoms with E-state index in [1.807, 2.05) is 17.5 Å². The highest BCUT2D eigenvalue weighted by Gasteiger charge is 2.15. The van der Waals surface area contributed by atoms with Crippen LogP contribution in [0.2, 0.25) is 0 Å². The van der Waals surface area contributed by atoms with Gasteiger partial charge in [0.2, 0.25) is 0 Å². The van der Waals surface area contributed by atoms with E-state index in [9.17, 15) is 4.79 Å². The van der Waals surface area contributed by atoms with Gasteiger partial charge in [-0.3, -0.25) is 4.79 Å². The third kappa shape index (κ3) is 3.36. The van der Waals surface area contributed by atoms with Gasteiger partial charge in [0.15, 0.2) is 11.5 Å². The Kier molecular flexibility index (Phi) is 4.50. The number of nitrogens with one attached hydrogen (secondary N) is 2. The van der Waals surface area contributed by atoms with Crippen molar-refractivity contribution in [1.29, 1.82) is 0 Å². The van der Waals surface area contributed by atoms with Gasteiger partial charge in [0.25, 0.3) is 5.91 Å². The summed E-state index contributed by atoms with van der Waals surface area (Å²) in [5, 5.41) is 4.98. The molecule has 26 heavy (non-hydrogen) atoms. The number of aromatic nitrogens is 3. The number of aromatic amines is 1. The summed E-state index contributed by atoms with van der Waals surface area (Å²) in [7, 11) is 0. The van der Waals surface area contributed by atoms with Crippen LogP contribution in [0.4, 0.5) is 0 Å². The van der Waals surface area contributed by atoms with Crippen LogP contribution in [0.3, 0.4) is 0 Å². The monoisotopic (exact) mass is 362 g/mol. The zero-order valence-corrected chi connectivity index (χ0v) is 15.1. The summed E-state index contributed by atoms with van der Waals surface area (Å²) in [6.07, 6.45) is 2.42. The average molecular weight is 362 g/mol. The van der Waals surface area contributed by atoms with E-state index in [1.54, 1.807) is 23.6 Å². The molecule has 0 unspecified atom stereocenters. The van der Waals surface area contributed by atoms with E-state index in [0.717, 1.165) is 17.1 Å². The van der Waals surface area contributed by atoms with Gasteiger partial charge in [-0.2, -0.15) is 0 Å². The van der Waals surface area contributed by atoms with Crippen LogP contribution in [0.15, 0.2) is 54.0 Å². The van der Waals surface area contributed by atoms with E-state index in [-0.39, 0.29) is 5.91 Å². The molecule has 1 amide bonds. The van der Waals surface area contributed by atoms with Gasteiger partial charge in [0.1, 0.15) is 0 Å². The van der Waals surface area contributed by atoms with Crippen LogP contribution < -0.4 is 5.32 Å². The highest BCUT2D eigenvalue weighted by molar-refractivity contribution is 7.13. The maximum absolute atomic E-state index is 12.6. The molecule has 130 valence electrons. The average Bonchev–Trinajstić information content (AvgIpc) is 3.32. The largest absolute Gasteiger partial charge is 0.352 e. The zero-order chi connectivity index (χ0) is 17.9. The number of H-pyrrole nitrogens is 1. The molecule has 0 radical (unpaired) electrons. The van der Waals surface area contributed by atoms with Crippen molar-refractivity contribution in [1.82, 2.24) is 20.3 Å². The van der Waals surface area contributed by atoms with E-state index in [0.29, 0.717) is 23.3 Å². The van der Waals surface area contributed by atoms with Crippen molar-refractivity contribution in [2.24, 2.45) is 0 Å². The fraction of sp³-hybridized carbons (Fsp3) is 0.150. The normalized spacial score (nSPS) is 11.0. The molecule has 0 fully saturated rings. The van der Waals surface area contributed by atoms with E-state index >= 15 is 0 Å². The molecular formula is C20H18N4OS. The molecule has 0 saturated carbocycles. The molecule has 0 spiro atoms. The Hall–Kier alpha value is -2.99. The summed E-state index contributed by atoms with van der Waals surface area (Å²) in [5.41, 5.74) is 4.23. The second-order valence-corrected chi connectivity index (χ2v) is 7.06. The fourth-order valence-electron chi connectivity index (χ4n) is 2.80. The van der Waals surface area contributed by atoms with Gasteiger partial charge in [-0.25, -0.2) is 9.97 Å². The summed E-state index contributed by atoms with van der Waals surface area (Å²) >= 11 is 1.60. The van der Waals surface area contributed by atoms with Crippen molar-refractivity contribution in [3.8, 4) is 10.7 Å². The van der Waals surface area contributed by atoms with Crippen molar-refractivity contribution in [2.45, 2.75) is 13.3 Å². The number of imidazole rings is 1. The minimum Gasteiger partial charge on any atom is -0.352 e. The number of amides is 1. The number of rotatable bonds is 5. The molecule has 5 nitrogen and oxygen atoms in total. The third-order valence-electron chi connectivity index (χ3n) is 4.21. The molecule has 0 saturated heterocycles. The number of carbonyl (C=O) groups is 1. The first-order valence-electron chi connectivity index (χ1n) is 8.43. The summed E-state index contributed by atoms with van der Waals surface area (Å²) in [6.45, 7) is 2.65. The van der Waals surface area contributed by atoms with Gasteiger partial charge in [-0.05, 0) is 36.4 Å². The van der Waals surface area contributed by atoms with Crippen molar-refractivity contribution in [3.05, 3.63) is 70.7 Å². The van der Waals surface area contributed by atoms with Crippen molar-refractivity contribution >= 4 is 28.4 Å². The quantitative estimate of drug-likeness (QED) is 0.564. The summed E-state index contributed by atoms with van der Waals surface area (Å²) in [4.78, 5) is 25.6. The molecule has 6 heteroatoms. The van der Waals surface area contributed by atoms with Crippen LogP contribution in [0.25, 0.3) is 21.9 Å². The van der Waals surface area contributed by atoms with Crippen LogP contribution in [0.5, 0.6) is 0 Å². The number of fused-ring (bicyclic) bond motifs is 1. The van der Waals surface area contributed by atoms with Crippen LogP contribution in [-0.4, -0.2) is 27.4 Å². The lowest BCUT2D eigenvalue weighted by Crippen LogP contribution is -2.26. The van der Waals surface area contributed by atoms with Crippen LogP contribution in [-0.2, 0) is 6.42 Å². The lowest BCUT2D eigenvalue weighted by Gasteiger charge is -2.06. The maximum atomic E-state index is 12.6. The standard InChI is InChI=1S/C20H18N4OS/c1-13-4-6-14(7-5-13)8-10-22-20(25)15-9-11-21-19-17(15)23-18(24-19)16-3-2-12-26-16/h2-7,9,11-12H,8,10H2,1H3,(H,22,25)(H,21,23,24). The maximum Gasteiger partial charge on any atom is 0.253 e. The number of pyridine rings is 1. The first kappa shape index (κ1) is 16.5. The summed E-state index contributed by atoms with van der Waals surface area (Å²) in [5.74, 6) is 0.619. The molecule has 1 aromatic carbocycles. The summed E-state index contributed by atoms with van der Waals surface area (Å²) in [6, 6.07) is 14.0. The van der Waals surface area contributed by atoms with Crippen molar-refractivity contribution < 1.29 is 4.79 Å². The number of thiophene rings is 1. The van der Waals surface area contributed by atoms with Crippen LogP contribution in [0.1, 0.15) is 21.5 Å². The Bertz CT molecular complexity index is 1040. The molecule has 0 aliphatic rings. The predicted octanol–water partition coefficient (Wildman–Crippen LogP) is 3.97. The predicted molar refractivity (Wildman–Crippen MR) is 104 cm³/mol. The lowest BCUT2D eigenvalue weighted by molar-refractivity contribution is 0.0955. The lowest BCUT2D eigenvalue weighted by atomic mass is 10.1. The number of nitrogens with zero attached hydrogens (tertiary/aromatic N) is 2. The number of carbonyl (C=O) groups excluding carboxylic acids is 1. The first-order valence-corrected chi connectivity index (χ1v) is 9.31. The Morgan fingerprint density at radius 2 is 2.04 bits per heavy atom. The number of hydrogen-bond acceptors (Lipinski definition) is 4. The van der Waals surface area contributed by atoms with Gasteiger partial charge in [0.05, 0.1) is 16.0 Å². The van der Waals surface area contributed by atoms with Crippen LogP contribution >= 0.6 is 11.3 Å². The molecule has 2 N–H and O–H groups in total. The fourth-order valence-corrected chi connectivity index (χ4v) is 3.47. The van der Waals surface area contributed by atoms with E-state index in [4.69, 9.17) is 0 Å². The number of benzene rings is 1. The Balaban J connectivity index is 1.50. The molecule has 3 heterocycles. The van der Waals surface area contributed by atoms with Crippen molar-refractivity contribution in [2.75, 3.05) is 6.54 Å². The van der Waals surface area contributed by atoms with Gasteiger partial charge in [-0.1, -0.05) is 35.9 Å². The van der Waals surface area contributed by atoms with Gasteiger partial charge in [0, 0.05) is 12.7 Å². The molecule has 0 bridgehead atoms. The van der Waals surface area contributed by atoms with E-state index < -0.39 is 0 Å². The first-order chi connectivity index (χ1) is 12.7. The van der Waals surface area contributed by atoms with Gasteiger partial charge >= 0.3 is 0 Å². The highest BCUT2D eigenvalue weighted by atomic mass is 32.1. The molecular weight excluding hydrogens is 344 g/mol. The molecule has 4 aromatic rings. The Morgan fingerprint density at radius 1 is 1.19 bits per heavy atom. The molecule has 4 rings (SSSR count). The molecule has 0 aliphatic heterocycles. The number of aryl methyl sites for hydroxylation is 1. The smallest absolute Gasteiger partial charge is 0.253 e. The minimum atomic E-state index is -0.120. The minimum absolute atomic E-state index is 0.120. The zero-order valence-electron chi connectivity index (χ0n) is 14.3. The summed E-state index contributed by atoms with van der Waals surface area (Å²) < 4.78 is 0. The Morgan fingerprint density at radius 3 is 2.81 bits per heavy atom. The molecule has 0 aliphatic carbocycles. The van der Waals surface area contributed by atoms with E-state index in [2.05, 4.69) is 51.5 Å². The molecule has 3 aromatic heterocycles. The van der Waals surface area contributed by atoms with Crippen LogP contribution in [0, 0.1) is 6.92 Å². The Labute approximate surface area is 155 Å². The SMILES string of the molecule is Cc1ccc(CCNC(=O)c2ccnc3nc(-c4cccs4)[nH]c23)cc1. The van der Waals surface area contributed by atoms with E-state index in [1.165, 1.54) is 11.1 Å². The third-order valence-corrected chi connectivity index (χ3v) is 5.09. The molecule has 0 atom stereocenters. The second-order valence-electron chi connectivity index (χ2n) is 6.11. The second kappa shape index (κ2) is 7.09.